The molecule has 0 amide bonds. The lowest BCUT2D eigenvalue weighted by Gasteiger charge is -2.35. The lowest BCUT2D eigenvalue weighted by Crippen LogP contribution is -2.40. The van der Waals surface area contributed by atoms with Crippen LogP contribution in [0.5, 0.6) is 0 Å². The van der Waals surface area contributed by atoms with Crippen molar-refractivity contribution in [3.05, 3.63) is 29.0 Å². The molecule has 1 aliphatic heterocycles. The Morgan fingerprint density at radius 3 is 3.06 bits per heavy atom. The van der Waals surface area contributed by atoms with Crippen molar-refractivity contribution in [3.8, 4) is 0 Å². The van der Waals surface area contributed by atoms with Gasteiger partial charge in [0.25, 0.3) is 0 Å². The largest absolute Gasteiger partial charge is 0.301 e. The van der Waals surface area contributed by atoms with E-state index in [1.165, 1.54) is 31.5 Å². The first kappa shape index (κ1) is 12.8. The van der Waals surface area contributed by atoms with Gasteiger partial charge in [-0.3, -0.25) is 0 Å². The van der Waals surface area contributed by atoms with Gasteiger partial charge in [0.1, 0.15) is 5.15 Å². The van der Waals surface area contributed by atoms with Crippen LogP contribution in [-0.2, 0) is 6.42 Å². The monoisotopic (exact) mass is 252 g/mol. The molecular formula is C14H21ClN2. The summed E-state index contributed by atoms with van der Waals surface area (Å²) in [5.74, 6) is 0.768. The lowest BCUT2D eigenvalue weighted by molar-refractivity contribution is 0.139. The Morgan fingerprint density at radius 2 is 2.35 bits per heavy atom. The minimum absolute atomic E-state index is 0.610. The molecule has 1 aromatic rings. The summed E-state index contributed by atoms with van der Waals surface area (Å²) in [4.78, 5) is 6.61. The van der Waals surface area contributed by atoms with Crippen LogP contribution < -0.4 is 0 Å². The molecule has 3 heteroatoms. The number of rotatable bonds is 3. The first-order chi connectivity index (χ1) is 8.15. The molecule has 2 nitrogen and oxygen atoms in total. The number of hydrogen-bond donors (Lipinski definition) is 0. The molecule has 2 heterocycles. The highest BCUT2D eigenvalue weighted by atomic mass is 35.5. The molecule has 1 saturated heterocycles. The van der Waals surface area contributed by atoms with E-state index in [4.69, 9.17) is 11.6 Å². The molecule has 94 valence electrons. The molecule has 1 aliphatic rings. The quantitative estimate of drug-likeness (QED) is 0.767. The van der Waals surface area contributed by atoms with Crippen LogP contribution >= 0.6 is 11.6 Å². The fourth-order valence-electron chi connectivity index (χ4n) is 2.64. The number of aromatic nitrogens is 1. The topological polar surface area (TPSA) is 16.1 Å². The van der Waals surface area contributed by atoms with Gasteiger partial charge >= 0.3 is 0 Å². The van der Waals surface area contributed by atoms with Gasteiger partial charge in [-0.1, -0.05) is 11.6 Å². The lowest BCUT2D eigenvalue weighted by atomic mass is 9.91. The van der Waals surface area contributed by atoms with Crippen LogP contribution in [0.4, 0.5) is 0 Å². The third kappa shape index (κ3) is 3.68. The Labute approximate surface area is 109 Å². The van der Waals surface area contributed by atoms with Crippen molar-refractivity contribution in [2.75, 3.05) is 13.1 Å². The van der Waals surface area contributed by atoms with Crippen LogP contribution in [0.25, 0.3) is 0 Å². The highest BCUT2D eigenvalue weighted by Gasteiger charge is 2.21. The number of halogens is 1. The standard InChI is InChI=1S/C14H21ClN2/c1-11(2)17-7-3-4-13(10-17)8-12-5-6-16-14(15)9-12/h5-6,9,11,13H,3-4,7-8,10H2,1-2H3. The van der Waals surface area contributed by atoms with Crippen molar-refractivity contribution >= 4 is 11.6 Å². The van der Waals surface area contributed by atoms with Crippen molar-refractivity contribution in [3.63, 3.8) is 0 Å². The summed E-state index contributed by atoms with van der Waals surface area (Å²) in [6, 6.07) is 4.75. The molecule has 0 saturated carbocycles. The van der Waals surface area contributed by atoms with Crippen LogP contribution in [0.1, 0.15) is 32.3 Å². The van der Waals surface area contributed by atoms with Crippen molar-refractivity contribution < 1.29 is 0 Å². The fraction of sp³-hybridized carbons (Fsp3) is 0.643. The van der Waals surface area contributed by atoms with E-state index in [9.17, 15) is 0 Å². The van der Waals surface area contributed by atoms with E-state index in [1.807, 2.05) is 6.07 Å². The molecule has 0 radical (unpaired) electrons. The van der Waals surface area contributed by atoms with Gasteiger partial charge < -0.3 is 4.90 Å². The molecule has 1 aromatic heterocycles. The third-order valence-corrected chi connectivity index (χ3v) is 3.80. The van der Waals surface area contributed by atoms with Crippen molar-refractivity contribution in [2.45, 2.75) is 39.2 Å². The van der Waals surface area contributed by atoms with E-state index in [2.05, 4.69) is 29.8 Å². The minimum atomic E-state index is 0.610. The van der Waals surface area contributed by atoms with E-state index in [0.29, 0.717) is 11.2 Å². The van der Waals surface area contributed by atoms with Crippen LogP contribution in [0, 0.1) is 5.92 Å². The SMILES string of the molecule is CC(C)N1CCCC(Cc2ccnc(Cl)c2)C1. The predicted molar refractivity (Wildman–Crippen MR) is 72.4 cm³/mol. The van der Waals surface area contributed by atoms with Crippen LogP contribution in [-0.4, -0.2) is 29.0 Å². The van der Waals surface area contributed by atoms with Crippen LogP contribution in [0.3, 0.4) is 0 Å². The van der Waals surface area contributed by atoms with E-state index < -0.39 is 0 Å². The number of hydrogen-bond acceptors (Lipinski definition) is 2. The molecule has 1 atom stereocenters. The zero-order chi connectivity index (χ0) is 12.3. The predicted octanol–water partition coefficient (Wildman–Crippen LogP) is 3.40. The maximum absolute atomic E-state index is 5.92. The molecule has 0 aromatic carbocycles. The summed E-state index contributed by atoms with van der Waals surface area (Å²) in [5, 5.41) is 0.610. The van der Waals surface area contributed by atoms with Gasteiger partial charge in [0.2, 0.25) is 0 Å². The third-order valence-electron chi connectivity index (χ3n) is 3.60. The molecule has 0 N–H and O–H groups in total. The summed E-state index contributed by atoms with van der Waals surface area (Å²) in [7, 11) is 0. The second-order valence-corrected chi connectivity index (χ2v) is 5.68. The molecule has 0 spiro atoms. The van der Waals surface area contributed by atoms with Gasteiger partial charge in [-0.2, -0.15) is 0 Å². The number of likely N-dealkylation sites (tertiary alicyclic amines) is 1. The molecule has 2 rings (SSSR count). The van der Waals surface area contributed by atoms with Gasteiger partial charge in [0.15, 0.2) is 0 Å². The van der Waals surface area contributed by atoms with E-state index >= 15 is 0 Å². The second-order valence-electron chi connectivity index (χ2n) is 5.29. The van der Waals surface area contributed by atoms with Gasteiger partial charge in [0.05, 0.1) is 0 Å². The molecule has 1 fully saturated rings. The number of piperidine rings is 1. The van der Waals surface area contributed by atoms with Gasteiger partial charge in [-0.05, 0) is 63.3 Å². The Balaban J connectivity index is 1.94. The number of pyridine rings is 1. The summed E-state index contributed by atoms with van der Waals surface area (Å²) >= 11 is 5.92. The Hall–Kier alpha value is -0.600. The van der Waals surface area contributed by atoms with Crippen LogP contribution in [0.15, 0.2) is 18.3 Å². The van der Waals surface area contributed by atoms with Crippen molar-refractivity contribution in [2.24, 2.45) is 5.92 Å². The smallest absolute Gasteiger partial charge is 0.129 e. The molecule has 1 unspecified atom stereocenters. The highest BCUT2D eigenvalue weighted by molar-refractivity contribution is 6.29. The summed E-state index contributed by atoms with van der Waals surface area (Å²) in [5.41, 5.74) is 1.32. The van der Waals surface area contributed by atoms with Crippen molar-refractivity contribution in [1.82, 2.24) is 9.88 Å². The first-order valence-electron chi connectivity index (χ1n) is 6.49. The van der Waals surface area contributed by atoms with Gasteiger partial charge in [-0.15, -0.1) is 0 Å². The Kier molecular flexibility index (Phi) is 4.41. The van der Waals surface area contributed by atoms with Crippen molar-refractivity contribution in [1.29, 1.82) is 0 Å². The van der Waals surface area contributed by atoms with Gasteiger partial charge in [-0.25, -0.2) is 4.98 Å². The van der Waals surface area contributed by atoms with Gasteiger partial charge in [0, 0.05) is 18.8 Å². The zero-order valence-corrected chi connectivity index (χ0v) is 11.5. The number of nitrogens with zero attached hydrogens (tertiary/aromatic N) is 2. The van der Waals surface area contributed by atoms with E-state index in [0.717, 1.165) is 12.3 Å². The Bertz CT molecular complexity index is 365. The molecule has 17 heavy (non-hydrogen) atoms. The average molecular weight is 253 g/mol. The first-order valence-corrected chi connectivity index (χ1v) is 6.87. The maximum atomic E-state index is 5.92. The molecule has 0 aliphatic carbocycles. The molecule has 0 bridgehead atoms. The molecular weight excluding hydrogens is 232 g/mol. The second kappa shape index (κ2) is 5.83. The van der Waals surface area contributed by atoms with Crippen LogP contribution in [0.2, 0.25) is 5.15 Å². The summed E-state index contributed by atoms with van der Waals surface area (Å²) in [6.45, 7) is 7.04. The summed E-state index contributed by atoms with van der Waals surface area (Å²) in [6.07, 6.45) is 5.59. The maximum Gasteiger partial charge on any atom is 0.129 e. The normalized spacial score (nSPS) is 22.0. The Morgan fingerprint density at radius 1 is 1.53 bits per heavy atom. The average Bonchev–Trinajstić information content (AvgIpc) is 2.29. The summed E-state index contributed by atoms with van der Waals surface area (Å²) < 4.78 is 0. The highest BCUT2D eigenvalue weighted by Crippen LogP contribution is 2.22. The van der Waals surface area contributed by atoms with E-state index in [1.54, 1.807) is 6.20 Å². The fourth-order valence-corrected chi connectivity index (χ4v) is 2.83. The minimum Gasteiger partial charge on any atom is -0.301 e. The zero-order valence-electron chi connectivity index (χ0n) is 10.7. The van der Waals surface area contributed by atoms with E-state index in [-0.39, 0.29) is 0 Å².